The SMILES string of the molecule is CC(C)OCCCNC(=O)C1CCN(Cc2cccc(Br)c2)CC1. The van der Waals surface area contributed by atoms with Crippen LogP contribution in [0.25, 0.3) is 0 Å². The minimum Gasteiger partial charge on any atom is -0.379 e. The van der Waals surface area contributed by atoms with Crippen LogP contribution in [0.2, 0.25) is 0 Å². The predicted octanol–water partition coefficient (Wildman–Crippen LogP) is 3.59. The zero-order valence-corrected chi connectivity index (χ0v) is 16.3. The number of benzene rings is 1. The van der Waals surface area contributed by atoms with Crippen molar-refractivity contribution in [3.63, 3.8) is 0 Å². The van der Waals surface area contributed by atoms with Crippen molar-refractivity contribution in [2.24, 2.45) is 5.92 Å². The maximum Gasteiger partial charge on any atom is 0.223 e. The Bertz CT molecular complexity index is 514. The number of carbonyl (C=O) groups excluding carboxylic acids is 1. The van der Waals surface area contributed by atoms with Crippen LogP contribution >= 0.6 is 15.9 Å². The summed E-state index contributed by atoms with van der Waals surface area (Å²) < 4.78 is 6.61. The first-order valence-corrected chi connectivity index (χ1v) is 9.70. The Hall–Kier alpha value is -0.910. The lowest BCUT2D eigenvalue weighted by molar-refractivity contribution is -0.126. The van der Waals surface area contributed by atoms with Gasteiger partial charge in [-0.1, -0.05) is 28.1 Å². The van der Waals surface area contributed by atoms with Gasteiger partial charge in [0.05, 0.1) is 6.10 Å². The van der Waals surface area contributed by atoms with Crippen molar-refractivity contribution in [2.45, 2.75) is 45.8 Å². The number of ether oxygens (including phenoxy) is 1. The molecule has 24 heavy (non-hydrogen) atoms. The van der Waals surface area contributed by atoms with Gasteiger partial charge in [0.15, 0.2) is 0 Å². The zero-order chi connectivity index (χ0) is 17.4. The van der Waals surface area contributed by atoms with Crippen molar-refractivity contribution < 1.29 is 9.53 Å². The Kier molecular flexibility index (Phi) is 8.22. The number of halogens is 1. The van der Waals surface area contributed by atoms with Crippen molar-refractivity contribution in [3.8, 4) is 0 Å². The molecule has 0 aliphatic carbocycles. The Morgan fingerprint density at radius 1 is 1.38 bits per heavy atom. The van der Waals surface area contributed by atoms with Crippen molar-refractivity contribution in [3.05, 3.63) is 34.3 Å². The van der Waals surface area contributed by atoms with E-state index < -0.39 is 0 Å². The number of carbonyl (C=O) groups is 1. The fourth-order valence-electron chi connectivity index (χ4n) is 2.99. The summed E-state index contributed by atoms with van der Waals surface area (Å²) in [7, 11) is 0. The van der Waals surface area contributed by atoms with E-state index in [1.165, 1.54) is 5.56 Å². The molecule has 0 atom stereocenters. The third kappa shape index (κ3) is 6.91. The zero-order valence-electron chi connectivity index (χ0n) is 14.8. The summed E-state index contributed by atoms with van der Waals surface area (Å²) in [5.74, 6) is 0.372. The van der Waals surface area contributed by atoms with Crippen molar-refractivity contribution in [1.29, 1.82) is 0 Å². The molecule has 1 amide bonds. The van der Waals surface area contributed by atoms with E-state index in [2.05, 4.69) is 44.3 Å². The van der Waals surface area contributed by atoms with Crippen LogP contribution in [-0.2, 0) is 16.1 Å². The minimum absolute atomic E-state index is 0.162. The van der Waals surface area contributed by atoms with Gasteiger partial charge in [-0.2, -0.15) is 0 Å². The topological polar surface area (TPSA) is 41.6 Å². The van der Waals surface area contributed by atoms with Crippen LogP contribution in [0.4, 0.5) is 0 Å². The number of rotatable bonds is 8. The van der Waals surface area contributed by atoms with Gasteiger partial charge in [0, 0.05) is 30.1 Å². The second kappa shape index (κ2) is 10.2. The van der Waals surface area contributed by atoms with Gasteiger partial charge in [-0.3, -0.25) is 9.69 Å². The van der Waals surface area contributed by atoms with Crippen LogP contribution in [-0.4, -0.2) is 43.2 Å². The number of nitrogens with one attached hydrogen (secondary N) is 1. The molecule has 5 heteroatoms. The van der Waals surface area contributed by atoms with Gasteiger partial charge >= 0.3 is 0 Å². The van der Waals surface area contributed by atoms with Gasteiger partial charge in [-0.15, -0.1) is 0 Å². The van der Waals surface area contributed by atoms with Gasteiger partial charge < -0.3 is 10.1 Å². The Balaban J connectivity index is 1.64. The molecule has 1 saturated heterocycles. The standard InChI is InChI=1S/C19H29BrN2O2/c1-15(2)24-12-4-9-21-19(23)17-7-10-22(11-8-17)14-16-5-3-6-18(20)13-16/h3,5-6,13,15,17H,4,7-12,14H2,1-2H3,(H,21,23). The molecule has 4 nitrogen and oxygen atoms in total. The lowest BCUT2D eigenvalue weighted by Crippen LogP contribution is -2.40. The van der Waals surface area contributed by atoms with Gasteiger partial charge in [0.2, 0.25) is 5.91 Å². The first-order chi connectivity index (χ1) is 11.5. The van der Waals surface area contributed by atoms with Crippen LogP contribution in [0.3, 0.4) is 0 Å². The molecule has 134 valence electrons. The smallest absolute Gasteiger partial charge is 0.223 e. The molecule has 1 aliphatic rings. The third-order valence-corrected chi connectivity index (χ3v) is 4.82. The van der Waals surface area contributed by atoms with Crippen molar-refractivity contribution >= 4 is 21.8 Å². The summed E-state index contributed by atoms with van der Waals surface area (Å²) >= 11 is 3.52. The maximum absolute atomic E-state index is 12.2. The fraction of sp³-hybridized carbons (Fsp3) is 0.632. The number of hydrogen-bond donors (Lipinski definition) is 1. The molecule has 2 rings (SSSR count). The van der Waals surface area contributed by atoms with Gasteiger partial charge in [0.25, 0.3) is 0 Å². The van der Waals surface area contributed by atoms with E-state index in [0.29, 0.717) is 13.2 Å². The highest BCUT2D eigenvalue weighted by atomic mass is 79.9. The van der Waals surface area contributed by atoms with Crippen LogP contribution < -0.4 is 5.32 Å². The first-order valence-electron chi connectivity index (χ1n) is 8.90. The summed E-state index contributed by atoms with van der Waals surface area (Å²) in [5.41, 5.74) is 1.32. The summed E-state index contributed by atoms with van der Waals surface area (Å²) in [5, 5.41) is 3.05. The van der Waals surface area contributed by atoms with Gasteiger partial charge in [-0.25, -0.2) is 0 Å². The average Bonchev–Trinajstić information content (AvgIpc) is 2.55. The molecule has 0 bridgehead atoms. The quantitative estimate of drug-likeness (QED) is 0.682. The largest absolute Gasteiger partial charge is 0.379 e. The molecule has 0 radical (unpaired) electrons. The second-order valence-electron chi connectivity index (χ2n) is 6.74. The Morgan fingerprint density at radius 3 is 2.79 bits per heavy atom. The fourth-order valence-corrected chi connectivity index (χ4v) is 3.44. The number of likely N-dealkylation sites (tertiary alicyclic amines) is 1. The van der Waals surface area contributed by atoms with Crippen molar-refractivity contribution in [1.82, 2.24) is 10.2 Å². The lowest BCUT2D eigenvalue weighted by Gasteiger charge is -2.31. The lowest BCUT2D eigenvalue weighted by atomic mass is 9.95. The van der Waals surface area contributed by atoms with Crippen LogP contribution in [0.1, 0.15) is 38.7 Å². The van der Waals surface area contributed by atoms with Gasteiger partial charge in [0.1, 0.15) is 0 Å². The number of piperidine rings is 1. The minimum atomic E-state index is 0.162. The molecule has 1 fully saturated rings. The molecule has 0 spiro atoms. The highest BCUT2D eigenvalue weighted by Gasteiger charge is 2.24. The van der Waals surface area contributed by atoms with E-state index in [1.807, 2.05) is 19.9 Å². The van der Waals surface area contributed by atoms with Crippen molar-refractivity contribution in [2.75, 3.05) is 26.2 Å². The molecule has 1 aromatic carbocycles. The first kappa shape index (κ1) is 19.4. The summed E-state index contributed by atoms with van der Waals surface area (Å²) in [6.07, 6.45) is 3.03. The normalized spacial score (nSPS) is 16.5. The maximum atomic E-state index is 12.2. The van der Waals surface area contributed by atoms with Gasteiger partial charge in [-0.05, 0) is 63.9 Å². The molecule has 1 heterocycles. The van der Waals surface area contributed by atoms with E-state index in [-0.39, 0.29) is 17.9 Å². The van der Waals surface area contributed by atoms with E-state index in [0.717, 1.165) is 43.4 Å². The van der Waals surface area contributed by atoms with Crippen LogP contribution in [0.5, 0.6) is 0 Å². The van der Waals surface area contributed by atoms with E-state index in [9.17, 15) is 4.79 Å². The Morgan fingerprint density at radius 2 is 2.12 bits per heavy atom. The second-order valence-corrected chi connectivity index (χ2v) is 7.66. The average molecular weight is 397 g/mol. The molecule has 1 N–H and O–H groups in total. The summed E-state index contributed by atoms with van der Waals surface area (Å²) in [6, 6.07) is 8.44. The van der Waals surface area contributed by atoms with Crippen LogP contribution in [0, 0.1) is 5.92 Å². The molecule has 0 saturated carbocycles. The van der Waals surface area contributed by atoms with Crippen LogP contribution in [0.15, 0.2) is 28.7 Å². The molecular formula is C19H29BrN2O2. The van der Waals surface area contributed by atoms with E-state index in [1.54, 1.807) is 0 Å². The molecular weight excluding hydrogens is 368 g/mol. The molecule has 1 aromatic rings. The number of nitrogens with zero attached hydrogens (tertiary/aromatic N) is 1. The summed E-state index contributed by atoms with van der Waals surface area (Å²) in [6.45, 7) is 8.41. The Labute approximate surface area is 154 Å². The molecule has 0 aromatic heterocycles. The third-order valence-electron chi connectivity index (χ3n) is 4.33. The predicted molar refractivity (Wildman–Crippen MR) is 101 cm³/mol. The molecule has 1 aliphatic heterocycles. The molecule has 0 unspecified atom stereocenters. The summed E-state index contributed by atoms with van der Waals surface area (Å²) in [4.78, 5) is 14.7. The van der Waals surface area contributed by atoms with E-state index >= 15 is 0 Å². The monoisotopic (exact) mass is 396 g/mol. The number of amides is 1. The van der Waals surface area contributed by atoms with E-state index in [4.69, 9.17) is 4.74 Å². The highest BCUT2D eigenvalue weighted by molar-refractivity contribution is 9.10. The number of hydrogen-bond acceptors (Lipinski definition) is 3. The highest BCUT2D eigenvalue weighted by Crippen LogP contribution is 2.20.